The summed E-state index contributed by atoms with van der Waals surface area (Å²) < 4.78 is 1.85. The fraction of sp³-hybridized carbons (Fsp3) is 0.357. The number of aliphatic carboxylic acids is 1. The molecule has 0 radical (unpaired) electrons. The molecule has 2 aromatic rings. The van der Waals surface area contributed by atoms with E-state index in [1.165, 1.54) is 0 Å². The summed E-state index contributed by atoms with van der Waals surface area (Å²) in [5, 5.41) is 18.2. The van der Waals surface area contributed by atoms with Gasteiger partial charge in [-0.05, 0) is 31.0 Å². The van der Waals surface area contributed by atoms with Crippen molar-refractivity contribution in [2.24, 2.45) is 0 Å². The summed E-state index contributed by atoms with van der Waals surface area (Å²) in [6, 6.07) is 5.74. The topological polar surface area (TPSA) is 68.0 Å². The molecule has 2 rings (SSSR count). The molecule has 1 aromatic carbocycles. The maximum absolute atomic E-state index is 10.8. The maximum atomic E-state index is 10.8. The molecule has 0 atom stereocenters. The number of nitrogens with zero attached hydrogens (tertiary/aromatic N) is 3. The predicted octanol–water partition coefficient (Wildman–Crippen LogP) is 3.36. The van der Waals surface area contributed by atoms with Gasteiger partial charge in [0.25, 0.3) is 0 Å². The lowest BCUT2D eigenvalue weighted by atomic mass is 10.2. The number of carboxylic acids is 1. The van der Waals surface area contributed by atoms with Crippen LogP contribution in [-0.4, -0.2) is 31.6 Å². The molecule has 0 amide bonds. The van der Waals surface area contributed by atoms with E-state index < -0.39 is 5.97 Å². The predicted molar refractivity (Wildman–Crippen MR) is 83.5 cm³/mol. The van der Waals surface area contributed by atoms with Crippen LogP contribution < -0.4 is 0 Å². The zero-order valence-electron chi connectivity index (χ0n) is 11.8. The van der Waals surface area contributed by atoms with Gasteiger partial charge in [0.05, 0.1) is 16.5 Å². The van der Waals surface area contributed by atoms with Crippen molar-refractivity contribution in [1.29, 1.82) is 0 Å². The molecule has 0 aliphatic carbocycles. The van der Waals surface area contributed by atoms with E-state index in [1.807, 2.05) is 29.7 Å². The van der Waals surface area contributed by atoms with Crippen molar-refractivity contribution in [3.63, 3.8) is 0 Å². The second kappa shape index (κ2) is 6.95. The Kier molecular flexibility index (Phi) is 5.25. The molecule has 0 fully saturated rings. The molecule has 0 aliphatic heterocycles. The number of hydrogen-bond donors (Lipinski definition) is 1. The quantitative estimate of drug-likeness (QED) is 0.825. The van der Waals surface area contributed by atoms with Crippen molar-refractivity contribution in [2.45, 2.75) is 31.8 Å². The summed E-state index contributed by atoms with van der Waals surface area (Å²) >= 11 is 7.47. The minimum Gasteiger partial charge on any atom is -0.481 e. The average Bonchev–Trinajstić information content (AvgIpc) is 2.80. The van der Waals surface area contributed by atoms with Crippen LogP contribution in [0.4, 0.5) is 0 Å². The van der Waals surface area contributed by atoms with Crippen LogP contribution in [0.3, 0.4) is 0 Å². The largest absolute Gasteiger partial charge is 0.481 e. The van der Waals surface area contributed by atoms with Gasteiger partial charge in [-0.2, -0.15) is 0 Å². The van der Waals surface area contributed by atoms with Gasteiger partial charge in [-0.3, -0.25) is 9.36 Å². The summed E-state index contributed by atoms with van der Waals surface area (Å²) in [4.78, 5) is 10.8. The molecule has 0 spiro atoms. The fourth-order valence-corrected chi connectivity index (χ4v) is 2.94. The van der Waals surface area contributed by atoms with E-state index in [4.69, 9.17) is 16.7 Å². The number of hydrogen-bond acceptors (Lipinski definition) is 4. The van der Waals surface area contributed by atoms with Crippen LogP contribution in [0.1, 0.15) is 24.7 Å². The lowest BCUT2D eigenvalue weighted by Crippen LogP contribution is -2.05. The molecule has 112 valence electrons. The first-order valence-corrected chi connectivity index (χ1v) is 7.94. The molecule has 7 heteroatoms. The van der Waals surface area contributed by atoms with Crippen LogP contribution in [0.25, 0.3) is 5.69 Å². The number of thioether (sulfide) groups is 1. The van der Waals surface area contributed by atoms with Gasteiger partial charge in [-0.15, -0.1) is 10.2 Å². The number of benzene rings is 1. The Hall–Kier alpha value is -1.53. The molecule has 0 bridgehead atoms. The van der Waals surface area contributed by atoms with Crippen molar-refractivity contribution in [1.82, 2.24) is 14.8 Å². The van der Waals surface area contributed by atoms with Crippen LogP contribution in [0.15, 0.2) is 23.4 Å². The second-order valence-corrected chi connectivity index (χ2v) is 5.97. The molecule has 1 N–H and O–H groups in total. The second-order valence-electron chi connectivity index (χ2n) is 4.62. The van der Waals surface area contributed by atoms with Gasteiger partial charge in [0.1, 0.15) is 5.82 Å². The standard InChI is InChI=1S/C14H16ClN3O2S/c1-3-4-12-16-17-14(21-8-13(19)20)18(12)11-6-5-9(2)7-10(11)15/h5-7H,3-4,8H2,1-2H3,(H,19,20). The van der Waals surface area contributed by atoms with Crippen LogP contribution in [-0.2, 0) is 11.2 Å². The number of halogens is 1. The van der Waals surface area contributed by atoms with Gasteiger partial charge in [0, 0.05) is 6.42 Å². The third kappa shape index (κ3) is 3.77. The van der Waals surface area contributed by atoms with E-state index >= 15 is 0 Å². The maximum Gasteiger partial charge on any atom is 0.313 e. The Labute approximate surface area is 132 Å². The van der Waals surface area contributed by atoms with Crippen LogP contribution >= 0.6 is 23.4 Å². The third-order valence-electron chi connectivity index (χ3n) is 2.84. The van der Waals surface area contributed by atoms with Crippen molar-refractivity contribution in [3.8, 4) is 5.69 Å². The first-order valence-electron chi connectivity index (χ1n) is 6.58. The molecule has 0 unspecified atom stereocenters. The van der Waals surface area contributed by atoms with Gasteiger partial charge in [0.15, 0.2) is 5.16 Å². The highest BCUT2D eigenvalue weighted by Crippen LogP contribution is 2.28. The summed E-state index contributed by atoms with van der Waals surface area (Å²) in [5.74, 6) is -0.161. The zero-order chi connectivity index (χ0) is 15.4. The van der Waals surface area contributed by atoms with Gasteiger partial charge in [0.2, 0.25) is 0 Å². The number of aromatic nitrogens is 3. The molecular weight excluding hydrogens is 310 g/mol. The SMILES string of the molecule is CCCc1nnc(SCC(=O)O)n1-c1ccc(C)cc1Cl. The van der Waals surface area contributed by atoms with Crippen LogP contribution in [0, 0.1) is 6.92 Å². The lowest BCUT2D eigenvalue weighted by molar-refractivity contribution is -0.133. The Balaban J connectivity index is 2.47. The van der Waals surface area contributed by atoms with Gasteiger partial charge in [-0.25, -0.2) is 0 Å². The first kappa shape index (κ1) is 15.9. The van der Waals surface area contributed by atoms with Crippen molar-refractivity contribution < 1.29 is 9.90 Å². The molecule has 5 nitrogen and oxygen atoms in total. The van der Waals surface area contributed by atoms with Crippen molar-refractivity contribution in [2.75, 3.05) is 5.75 Å². The Morgan fingerprint density at radius 1 is 1.43 bits per heavy atom. The lowest BCUT2D eigenvalue weighted by Gasteiger charge is -2.11. The number of rotatable bonds is 6. The zero-order valence-corrected chi connectivity index (χ0v) is 13.4. The monoisotopic (exact) mass is 325 g/mol. The minimum absolute atomic E-state index is 0.0618. The molecule has 0 aliphatic rings. The van der Waals surface area contributed by atoms with Gasteiger partial charge < -0.3 is 5.11 Å². The van der Waals surface area contributed by atoms with E-state index in [2.05, 4.69) is 17.1 Å². The molecule has 21 heavy (non-hydrogen) atoms. The summed E-state index contributed by atoms with van der Waals surface area (Å²) in [7, 11) is 0. The summed E-state index contributed by atoms with van der Waals surface area (Å²) in [6.45, 7) is 4.02. The van der Waals surface area contributed by atoms with Crippen LogP contribution in [0.5, 0.6) is 0 Å². The molecule has 1 heterocycles. The summed E-state index contributed by atoms with van der Waals surface area (Å²) in [6.07, 6.45) is 1.68. The fourth-order valence-electron chi connectivity index (χ4n) is 1.94. The highest BCUT2D eigenvalue weighted by Gasteiger charge is 2.17. The highest BCUT2D eigenvalue weighted by atomic mass is 35.5. The van der Waals surface area contributed by atoms with E-state index in [0.717, 1.165) is 41.7 Å². The smallest absolute Gasteiger partial charge is 0.313 e. The molecule has 0 saturated heterocycles. The molecule has 1 aromatic heterocycles. The van der Waals surface area contributed by atoms with E-state index in [-0.39, 0.29) is 5.75 Å². The van der Waals surface area contributed by atoms with Crippen molar-refractivity contribution in [3.05, 3.63) is 34.6 Å². The number of aryl methyl sites for hydroxylation is 2. The van der Waals surface area contributed by atoms with Crippen LogP contribution in [0.2, 0.25) is 5.02 Å². The third-order valence-corrected chi connectivity index (χ3v) is 4.06. The van der Waals surface area contributed by atoms with Crippen molar-refractivity contribution >= 4 is 29.3 Å². The Bertz CT molecular complexity index is 658. The normalized spacial score (nSPS) is 10.8. The summed E-state index contributed by atoms with van der Waals surface area (Å²) in [5.41, 5.74) is 1.84. The molecular formula is C14H16ClN3O2S. The molecule has 0 saturated carbocycles. The first-order chi connectivity index (χ1) is 10.0. The van der Waals surface area contributed by atoms with E-state index in [9.17, 15) is 4.79 Å². The van der Waals surface area contributed by atoms with E-state index in [0.29, 0.717) is 10.2 Å². The van der Waals surface area contributed by atoms with E-state index in [1.54, 1.807) is 0 Å². The average molecular weight is 326 g/mol. The highest BCUT2D eigenvalue weighted by molar-refractivity contribution is 7.99. The minimum atomic E-state index is -0.887. The Morgan fingerprint density at radius 2 is 2.19 bits per heavy atom. The van der Waals surface area contributed by atoms with Gasteiger partial charge in [-0.1, -0.05) is 36.4 Å². The number of carboxylic acid groups (broad SMARTS) is 1. The number of carbonyl (C=O) groups is 1. The van der Waals surface area contributed by atoms with Gasteiger partial charge >= 0.3 is 5.97 Å². The Morgan fingerprint density at radius 3 is 2.81 bits per heavy atom.